The first kappa shape index (κ1) is 16.6. The van der Waals surface area contributed by atoms with Crippen LogP contribution in [0, 0.1) is 0 Å². The standard InChI is InChI=1S/C14H17N3O4S/c1-8-13(21-9(2)18)12(19)11(16-17-15)14(20-8)22-10-6-4-3-5-7-10/h3-8,11-14,19H,1-2H3/t8-,11-,12-,13+,14+/m1/s1. The highest BCUT2D eigenvalue weighted by atomic mass is 32.2. The number of aliphatic hydroxyl groups is 1. The Morgan fingerprint density at radius 1 is 1.45 bits per heavy atom. The highest BCUT2D eigenvalue weighted by molar-refractivity contribution is 7.99. The summed E-state index contributed by atoms with van der Waals surface area (Å²) in [6.07, 6.45) is -2.49. The molecular weight excluding hydrogens is 306 g/mol. The van der Waals surface area contributed by atoms with Crippen molar-refractivity contribution in [2.75, 3.05) is 0 Å². The first-order chi connectivity index (χ1) is 10.5. The molecule has 22 heavy (non-hydrogen) atoms. The van der Waals surface area contributed by atoms with Crippen molar-refractivity contribution in [3.05, 3.63) is 40.8 Å². The van der Waals surface area contributed by atoms with Gasteiger partial charge in [-0.05, 0) is 24.6 Å². The zero-order valence-corrected chi connectivity index (χ0v) is 13.0. The van der Waals surface area contributed by atoms with Crippen LogP contribution in [0.2, 0.25) is 0 Å². The summed E-state index contributed by atoms with van der Waals surface area (Å²) in [4.78, 5) is 14.8. The molecule has 8 heteroatoms. The fraction of sp³-hybridized carbons (Fsp3) is 0.500. The van der Waals surface area contributed by atoms with Crippen molar-refractivity contribution in [2.24, 2.45) is 5.11 Å². The largest absolute Gasteiger partial charge is 0.457 e. The Morgan fingerprint density at radius 2 is 2.14 bits per heavy atom. The van der Waals surface area contributed by atoms with E-state index in [9.17, 15) is 9.90 Å². The summed E-state index contributed by atoms with van der Waals surface area (Å²) in [6, 6.07) is 8.61. The van der Waals surface area contributed by atoms with E-state index < -0.39 is 35.8 Å². The molecule has 118 valence electrons. The quantitative estimate of drug-likeness (QED) is 0.397. The summed E-state index contributed by atoms with van der Waals surface area (Å²) >= 11 is 1.35. The number of aliphatic hydroxyl groups excluding tert-OH is 1. The predicted octanol–water partition coefficient (Wildman–Crippen LogP) is 2.50. The SMILES string of the molecule is CC(=O)O[C@@H]1[C@H](O)[C@@H](N=[N+]=[N-])[C@H](Sc2ccccc2)O[C@@H]1C. The lowest BCUT2D eigenvalue weighted by Gasteiger charge is -2.41. The van der Waals surface area contributed by atoms with Crippen molar-refractivity contribution in [2.45, 2.75) is 48.5 Å². The summed E-state index contributed by atoms with van der Waals surface area (Å²) in [6.45, 7) is 2.97. The molecule has 1 N–H and O–H groups in total. The van der Waals surface area contributed by atoms with Gasteiger partial charge in [0.2, 0.25) is 0 Å². The van der Waals surface area contributed by atoms with Gasteiger partial charge in [0, 0.05) is 16.7 Å². The molecule has 1 aliphatic rings. The van der Waals surface area contributed by atoms with Crippen LogP contribution >= 0.6 is 11.8 Å². The molecule has 0 aromatic heterocycles. The molecule has 1 aromatic rings. The van der Waals surface area contributed by atoms with Crippen molar-refractivity contribution in [1.29, 1.82) is 0 Å². The van der Waals surface area contributed by atoms with E-state index in [1.165, 1.54) is 18.7 Å². The fourth-order valence-electron chi connectivity index (χ4n) is 2.27. The van der Waals surface area contributed by atoms with Crippen LogP contribution in [-0.4, -0.2) is 40.9 Å². The maximum atomic E-state index is 11.1. The second-order valence-corrected chi connectivity index (χ2v) is 6.07. The molecule has 0 saturated carbocycles. The van der Waals surface area contributed by atoms with Gasteiger partial charge in [-0.25, -0.2) is 0 Å². The lowest BCUT2D eigenvalue weighted by atomic mass is 9.99. The van der Waals surface area contributed by atoms with Crippen LogP contribution in [0.3, 0.4) is 0 Å². The van der Waals surface area contributed by atoms with E-state index in [1.54, 1.807) is 6.92 Å². The van der Waals surface area contributed by atoms with Gasteiger partial charge in [0.25, 0.3) is 0 Å². The van der Waals surface area contributed by atoms with Gasteiger partial charge in [-0.1, -0.05) is 35.1 Å². The molecule has 1 aliphatic heterocycles. The van der Waals surface area contributed by atoms with Crippen LogP contribution in [0.5, 0.6) is 0 Å². The Labute approximate surface area is 132 Å². The van der Waals surface area contributed by atoms with Crippen LogP contribution in [0.4, 0.5) is 0 Å². The molecular formula is C14H17N3O4S. The van der Waals surface area contributed by atoms with Gasteiger partial charge in [0.05, 0.1) is 6.10 Å². The molecule has 0 aliphatic carbocycles. The normalized spacial score (nSPS) is 31.1. The number of hydrogen-bond acceptors (Lipinski definition) is 6. The monoisotopic (exact) mass is 323 g/mol. The third-order valence-corrected chi connectivity index (χ3v) is 4.43. The van der Waals surface area contributed by atoms with E-state index in [4.69, 9.17) is 15.0 Å². The molecule has 0 radical (unpaired) electrons. The van der Waals surface area contributed by atoms with Crippen molar-refractivity contribution in [3.63, 3.8) is 0 Å². The van der Waals surface area contributed by atoms with Crippen molar-refractivity contribution < 1.29 is 19.4 Å². The number of nitrogens with zero attached hydrogens (tertiary/aromatic N) is 3. The van der Waals surface area contributed by atoms with E-state index in [0.717, 1.165) is 4.90 Å². The zero-order valence-electron chi connectivity index (χ0n) is 12.2. The summed E-state index contributed by atoms with van der Waals surface area (Å²) in [5, 5.41) is 14.0. The van der Waals surface area contributed by atoms with Crippen LogP contribution < -0.4 is 0 Å². The molecule has 0 unspecified atom stereocenters. The van der Waals surface area contributed by atoms with E-state index in [0.29, 0.717) is 0 Å². The topological polar surface area (TPSA) is 105 Å². The van der Waals surface area contributed by atoms with Crippen LogP contribution in [0.15, 0.2) is 40.3 Å². The van der Waals surface area contributed by atoms with Gasteiger partial charge >= 0.3 is 5.97 Å². The van der Waals surface area contributed by atoms with Gasteiger partial charge < -0.3 is 14.6 Å². The van der Waals surface area contributed by atoms with E-state index in [-0.39, 0.29) is 0 Å². The number of azide groups is 1. The molecule has 0 bridgehead atoms. The molecule has 1 fully saturated rings. The number of carbonyl (C=O) groups is 1. The average Bonchev–Trinajstić information content (AvgIpc) is 2.48. The minimum absolute atomic E-state index is 0.509. The lowest BCUT2D eigenvalue weighted by molar-refractivity contribution is -0.185. The minimum Gasteiger partial charge on any atom is -0.457 e. The van der Waals surface area contributed by atoms with Gasteiger partial charge in [-0.15, -0.1) is 0 Å². The Balaban J connectivity index is 2.19. The number of benzene rings is 1. The summed E-state index contributed by atoms with van der Waals surface area (Å²) in [5.74, 6) is -0.520. The van der Waals surface area contributed by atoms with Crippen LogP contribution in [0.1, 0.15) is 13.8 Å². The minimum atomic E-state index is -1.12. The van der Waals surface area contributed by atoms with Gasteiger partial charge in [-0.3, -0.25) is 4.79 Å². The molecule has 0 amide bonds. The third-order valence-electron chi connectivity index (χ3n) is 3.26. The number of carbonyl (C=O) groups excluding carboxylic acids is 1. The maximum absolute atomic E-state index is 11.1. The smallest absolute Gasteiger partial charge is 0.303 e. The van der Waals surface area contributed by atoms with E-state index >= 15 is 0 Å². The average molecular weight is 323 g/mol. The molecule has 5 atom stereocenters. The van der Waals surface area contributed by atoms with Gasteiger partial charge in [-0.2, -0.15) is 0 Å². The first-order valence-corrected chi connectivity index (χ1v) is 7.67. The van der Waals surface area contributed by atoms with Crippen molar-refractivity contribution in [1.82, 2.24) is 0 Å². The number of thioether (sulfide) groups is 1. The van der Waals surface area contributed by atoms with Crippen LogP contribution in [-0.2, 0) is 14.3 Å². The first-order valence-electron chi connectivity index (χ1n) is 6.79. The predicted molar refractivity (Wildman–Crippen MR) is 81.1 cm³/mol. The third kappa shape index (κ3) is 3.92. The Bertz CT molecular complexity index is 564. The zero-order chi connectivity index (χ0) is 16.1. The molecule has 1 heterocycles. The van der Waals surface area contributed by atoms with E-state index in [1.807, 2.05) is 30.3 Å². The Kier molecular flexibility index (Phi) is 5.68. The number of ether oxygens (including phenoxy) is 2. The molecule has 0 spiro atoms. The van der Waals surface area contributed by atoms with Gasteiger partial charge in [0.1, 0.15) is 17.6 Å². The van der Waals surface area contributed by atoms with Crippen molar-refractivity contribution >= 4 is 17.7 Å². The summed E-state index contributed by atoms with van der Waals surface area (Å²) < 4.78 is 10.9. The second-order valence-electron chi connectivity index (χ2n) is 4.90. The number of rotatable bonds is 4. The Morgan fingerprint density at radius 3 is 2.73 bits per heavy atom. The van der Waals surface area contributed by atoms with Gasteiger partial charge in [0.15, 0.2) is 6.10 Å². The highest BCUT2D eigenvalue weighted by Gasteiger charge is 2.45. The Hall–Kier alpha value is -1.73. The fourth-order valence-corrected chi connectivity index (χ4v) is 3.44. The lowest BCUT2D eigenvalue weighted by Crippen LogP contribution is -2.56. The molecule has 7 nitrogen and oxygen atoms in total. The summed E-state index contributed by atoms with van der Waals surface area (Å²) in [7, 11) is 0. The second kappa shape index (κ2) is 7.51. The van der Waals surface area contributed by atoms with E-state index in [2.05, 4.69) is 10.0 Å². The van der Waals surface area contributed by atoms with Crippen LogP contribution in [0.25, 0.3) is 10.4 Å². The molecule has 2 rings (SSSR count). The molecule has 1 aromatic carbocycles. The van der Waals surface area contributed by atoms with Crippen molar-refractivity contribution in [3.8, 4) is 0 Å². The maximum Gasteiger partial charge on any atom is 0.303 e. The highest BCUT2D eigenvalue weighted by Crippen LogP contribution is 2.35. The number of hydrogen-bond donors (Lipinski definition) is 1. The molecule has 1 saturated heterocycles. The summed E-state index contributed by atoms with van der Waals surface area (Å²) in [5.41, 5.74) is 8.17. The number of esters is 1.